The van der Waals surface area contributed by atoms with Crippen molar-refractivity contribution < 1.29 is 13.9 Å². The second kappa shape index (κ2) is 6.96. The van der Waals surface area contributed by atoms with Gasteiger partial charge in [0.25, 0.3) is 11.6 Å². The number of nitrogens with one attached hydrogen (secondary N) is 2. The van der Waals surface area contributed by atoms with Gasteiger partial charge in [-0.2, -0.15) is 0 Å². The van der Waals surface area contributed by atoms with E-state index in [4.69, 9.17) is 5.84 Å². The van der Waals surface area contributed by atoms with E-state index in [9.17, 15) is 19.1 Å². The fourth-order valence-electron chi connectivity index (χ4n) is 1.65. The van der Waals surface area contributed by atoms with Crippen molar-refractivity contribution in [1.29, 1.82) is 0 Å². The average Bonchev–Trinajstić information content (AvgIpc) is 2.36. The number of nitrogens with two attached hydrogens (primary N) is 1. The second-order valence-electron chi connectivity index (χ2n) is 4.25. The van der Waals surface area contributed by atoms with Crippen molar-refractivity contribution in [1.82, 2.24) is 5.32 Å². The maximum absolute atomic E-state index is 11.9. The number of carbonyl (C=O) groups is 1. The number of hydrazine groups is 1. The Hall–Kier alpha value is -2.00. The summed E-state index contributed by atoms with van der Waals surface area (Å²) in [5, 5.41) is 13.4. The zero-order chi connectivity index (χ0) is 15.3. The lowest BCUT2D eigenvalue weighted by Crippen LogP contribution is -2.36. The van der Waals surface area contributed by atoms with Crippen molar-refractivity contribution in [3.63, 3.8) is 0 Å². The minimum atomic E-state index is -1.02. The third-order valence-electron chi connectivity index (χ3n) is 2.47. The average molecular weight is 300 g/mol. The van der Waals surface area contributed by atoms with Crippen molar-refractivity contribution in [3.05, 3.63) is 33.9 Å². The van der Waals surface area contributed by atoms with Crippen LogP contribution in [0.4, 0.5) is 11.4 Å². The molecule has 0 bridgehead atoms. The predicted molar refractivity (Wildman–Crippen MR) is 76.8 cm³/mol. The van der Waals surface area contributed by atoms with Gasteiger partial charge in [-0.1, -0.05) is 0 Å². The zero-order valence-electron chi connectivity index (χ0n) is 11.1. The summed E-state index contributed by atoms with van der Waals surface area (Å²) in [7, 11) is -1.02. The number of amides is 1. The van der Waals surface area contributed by atoms with E-state index < -0.39 is 21.6 Å². The summed E-state index contributed by atoms with van der Waals surface area (Å²) in [5.41, 5.74) is 2.26. The van der Waals surface area contributed by atoms with Gasteiger partial charge < -0.3 is 10.7 Å². The molecule has 0 saturated carbocycles. The summed E-state index contributed by atoms with van der Waals surface area (Å²) in [4.78, 5) is 22.1. The number of nitrogen functional groups attached to an aromatic ring is 1. The van der Waals surface area contributed by atoms with Gasteiger partial charge in [0.2, 0.25) is 0 Å². The first-order chi connectivity index (χ1) is 9.35. The molecule has 0 spiro atoms. The smallest absolute Gasteiger partial charge is 0.293 e. The summed E-state index contributed by atoms with van der Waals surface area (Å²) in [6, 6.07) is 3.57. The summed E-state index contributed by atoms with van der Waals surface area (Å²) in [6.07, 6.45) is 1.55. The molecule has 4 N–H and O–H groups in total. The van der Waals surface area contributed by atoms with E-state index in [0.717, 1.165) is 0 Å². The molecule has 1 amide bonds. The molecule has 0 radical (unpaired) electrons. The van der Waals surface area contributed by atoms with Crippen LogP contribution >= 0.6 is 0 Å². The number of hydrogen-bond donors (Lipinski definition) is 3. The van der Waals surface area contributed by atoms with Crippen molar-refractivity contribution in [2.75, 3.05) is 17.4 Å². The van der Waals surface area contributed by atoms with Gasteiger partial charge in [0, 0.05) is 40.5 Å². The SMILES string of the molecule is CC(CS(C)=O)NC(=O)c1ccc([N+](=O)[O-])c(NN)c1. The first-order valence-corrected chi connectivity index (χ1v) is 7.43. The molecule has 20 heavy (non-hydrogen) atoms. The van der Waals surface area contributed by atoms with Crippen LogP contribution in [0.15, 0.2) is 18.2 Å². The number of nitro groups is 1. The topological polar surface area (TPSA) is 127 Å². The Bertz CT molecular complexity index is 549. The number of benzene rings is 1. The van der Waals surface area contributed by atoms with Gasteiger partial charge in [-0.05, 0) is 19.1 Å². The summed E-state index contributed by atoms with van der Waals surface area (Å²) < 4.78 is 11.1. The van der Waals surface area contributed by atoms with Crippen LogP contribution in [0, 0.1) is 10.1 Å². The maximum Gasteiger partial charge on any atom is 0.293 e. The van der Waals surface area contributed by atoms with Gasteiger partial charge in [-0.25, -0.2) is 0 Å². The number of anilines is 1. The quantitative estimate of drug-likeness (QED) is 0.396. The van der Waals surface area contributed by atoms with E-state index in [0.29, 0.717) is 5.75 Å². The molecular formula is C11H16N4O4S. The van der Waals surface area contributed by atoms with Gasteiger partial charge in [-0.15, -0.1) is 0 Å². The van der Waals surface area contributed by atoms with E-state index >= 15 is 0 Å². The lowest BCUT2D eigenvalue weighted by atomic mass is 10.1. The molecule has 0 aliphatic rings. The molecule has 1 aromatic rings. The van der Waals surface area contributed by atoms with Crippen LogP contribution < -0.4 is 16.6 Å². The van der Waals surface area contributed by atoms with Crippen molar-refractivity contribution in [3.8, 4) is 0 Å². The number of nitrogens with zero attached hydrogens (tertiary/aromatic N) is 1. The molecule has 0 aliphatic heterocycles. The fraction of sp³-hybridized carbons (Fsp3) is 0.364. The fourth-order valence-corrected chi connectivity index (χ4v) is 2.44. The zero-order valence-corrected chi connectivity index (χ0v) is 11.9. The normalized spacial score (nSPS) is 13.3. The largest absolute Gasteiger partial charge is 0.349 e. The minimum absolute atomic E-state index is 0.0503. The van der Waals surface area contributed by atoms with Crippen LogP contribution in [-0.2, 0) is 10.8 Å². The predicted octanol–water partition coefficient (Wildman–Crippen LogP) is 0.377. The molecule has 0 fully saturated rings. The van der Waals surface area contributed by atoms with Crippen LogP contribution in [0.25, 0.3) is 0 Å². The van der Waals surface area contributed by atoms with E-state index in [-0.39, 0.29) is 23.0 Å². The maximum atomic E-state index is 11.9. The molecule has 0 aromatic heterocycles. The molecule has 1 aromatic carbocycles. The summed E-state index contributed by atoms with van der Waals surface area (Å²) >= 11 is 0. The Morgan fingerprint density at radius 3 is 2.70 bits per heavy atom. The summed E-state index contributed by atoms with van der Waals surface area (Å²) in [5.74, 6) is 5.12. The van der Waals surface area contributed by atoms with Gasteiger partial charge in [0.15, 0.2) is 0 Å². The summed E-state index contributed by atoms with van der Waals surface area (Å²) in [6.45, 7) is 1.73. The first-order valence-electron chi connectivity index (χ1n) is 5.71. The van der Waals surface area contributed by atoms with Gasteiger partial charge in [0.1, 0.15) is 5.69 Å². The third-order valence-corrected chi connectivity index (χ3v) is 3.44. The van der Waals surface area contributed by atoms with Crippen LogP contribution in [0.1, 0.15) is 17.3 Å². The van der Waals surface area contributed by atoms with E-state index in [2.05, 4.69) is 10.7 Å². The Morgan fingerprint density at radius 1 is 1.55 bits per heavy atom. The van der Waals surface area contributed by atoms with Gasteiger partial charge in [-0.3, -0.25) is 25.0 Å². The number of hydrogen-bond acceptors (Lipinski definition) is 6. The third kappa shape index (κ3) is 4.28. The molecule has 0 aliphatic carbocycles. The van der Waals surface area contributed by atoms with Crippen molar-refractivity contribution >= 4 is 28.1 Å². The lowest BCUT2D eigenvalue weighted by molar-refractivity contribution is -0.384. The number of nitro benzene ring substituents is 1. The highest BCUT2D eigenvalue weighted by Crippen LogP contribution is 2.24. The molecule has 110 valence electrons. The molecule has 0 saturated heterocycles. The van der Waals surface area contributed by atoms with Crippen molar-refractivity contribution in [2.24, 2.45) is 5.84 Å². The lowest BCUT2D eigenvalue weighted by Gasteiger charge is -2.13. The molecule has 0 heterocycles. The highest BCUT2D eigenvalue weighted by molar-refractivity contribution is 7.84. The Labute approximate surface area is 118 Å². The number of carbonyl (C=O) groups excluding carboxylic acids is 1. The Balaban J connectivity index is 2.89. The molecule has 1 rings (SSSR count). The number of rotatable bonds is 6. The first kappa shape index (κ1) is 16.1. The minimum Gasteiger partial charge on any atom is -0.349 e. The molecule has 8 nitrogen and oxygen atoms in total. The molecule has 2 atom stereocenters. The highest BCUT2D eigenvalue weighted by Gasteiger charge is 2.17. The van der Waals surface area contributed by atoms with E-state index in [1.54, 1.807) is 13.2 Å². The highest BCUT2D eigenvalue weighted by atomic mass is 32.2. The van der Waals surface area contributed by atoms with Crippen LogP contribution in [0.5, 0.6) is 0 Å². The monoisotopic (exact) mass is 300 g/mol. The Morgan fingerprint density at radius 2 is 2.20 bits per heavy atom. The molecule has 9 heteroatoms. The van der Waals surface area contributed by atoms with Gasteiger partial charge in [0.05, 0.1) is 4.92 Å². The van der Waals surface area contributed by atoms with E-state index in [1.807, 2.05) is 0 Å². The van der Waals surface area contributed by atoms with Crippen LogP contribution in [0.3, 0.4) is 0 Å². The van der Waals surface area contributed by atoms with Crippen molar-refractivity contribution in [2.45, 2.75) is 13.0 Å². The molecule has 2 unspecified atom stereocenters. The standard InChI is InChI=1S/C11H16N4O4S/c1-7(6-20(2)19)13-11(16)8-3-4-10(15(17)18)9(5-8)14-12/h3-5,7,14H,6,12H2,1-2H3,(H,13,16). The Kier molecular flexibility index (Phi) is 5.59. The second-order valence-corrected chi connectivity index (χ2v) is 5.73. The van der Waals surface area contributed by atoms with Crippen LogP contribution in [-0.4, -0.2) is 33.1 Å². The molecular weight excluding hydrogens is 284 g/mol. The van der Waals surface area contributed by atoms with Crippen LogP contribution in [0.2, 0.25) is 0 Å². The van der Waals surface area contributed by atoms with Gasteiger partial charge >= 0.3 is 0 Å². The van der Waals surface area contributed by atoms with E-state index in [1.165, 1.54) is 18.2 Å².